The van der Waals surface area contributed by atoms with Crippen molar-refractivity contribution in [3.05, 3.63) is 34.9 Å². The van der Waals surface area contributed by atoms with Crippen molar-refractivity contribution >= 4 is 41.5 Å². The van der Waals surface area contributed by atoms with Gasteiger partial charge in [0.05, 0.1) is 0 Å². The van der Waals surface area contributed by atoms with Crippen molar-refractivity contribution in [1.29, 1.82) is 0 Å². The number of rotatable bonds is 3. The third-order valence-electron chi connectivity index (χ3n) is 2.10. The predicted octanol–water partition coefficient (Wildman–Crippen LogP) is 3.20. The third kappa shape index (κ3) is 7.76. The van der Waals surface area contributed by atoms with Gasteiger partial charge in [0, 0.05) is 17.1 Å². The van der Waals surface area contributed by atoms with Gasteiger partial charge in [0.1, 0.15) is 0 Å². The van der Waals surface area contributed by atoms with Crippen molar-refractivity contribution in [2.24, 2.45) is 10.7 Å². The second-order valence-corrected chi connectivity index (χ2v) is 5.45. The molecule has 0 aliphatic carbocycles. The van der Waals surface area contributed by atoms with Gasteiger partial charge in [-0.25, -0.2) is 0 Å². The first-order valence-electron chi connectivity index (χ1n) is 5.69. The molecule has 102 valence electrons. The summed E-state index contributed by atoms with van der Waals surface area (Å²) in [7, 11) is 0. The molecule has 0 saturated carbocycles. The van der Waals surface area contributed by atoms with Crippen LogP contribution in [-0.4, -0.2) is 18.0 Å². The predicted molar refractivity (Wildman–Crippen MR) is 89.9 cm³/mol. The van der Waals surface area contributed by atoms with Crippen LogP contribution in [0.4, 0.5) is 0 Å². The summed E-state index contributed by atoms with van der Waals surface area (Å²) in [6, 6.07) is 7.78. The molecule has 0 aliphatic rings. The summed E-state index contributed by atoms with van der Waals surface area (Å²) >= 11 is 5.81. The highest BCUT2D eigenvalue weighted by atomic mass is 127. The molecular formula is C13H21ClIN3. The molecule has 0 radical (unpaired) electrons. The average Bonchev–Trinajstić information content (AvgIpc) is 2.18. The van der Waals surface area contributed by atoms with Crippen LogP contribution in [0.2, 0.25) is 5.02 Å². The van der Waals surface area contributed by atoms with E-state index in [0.29, 0.717) is 12.5 Å². The molecule has 3 nitrogen and oxygen atoms in total. The lowest BCUT2D eigenvalue weighted by Gasteiger charge is -2.20. The van der Waals surface area contributed by atoms with Crippen molar-refractivity contribution in [3.63, 3.8) is 0 Å². The molecule has 0 aliphatic heterocycles. The number of aliphatic imine (C=N–C) groups is 1. The first-order valence-corrected chi connectivity index (χ1v) is 6.07. The number of benzene rings is 1. The summed E-state index contributed by atoms with van der Waals surface area (Å²) in [5.74, 6) is 0.492. The van der Waals surface area contributed by atoms with Crippen molar-refractivity contribution in [3.8, 4) is 0 Å². The van der Waals surface area contributed by atoms with Gasteiger partial charge in [-0.15, -0.1) is 24.0 Å². The molecule has 0 spiro atoms. The Morgan fingerprint density at radius 1 is 1.28 bits per heavy atom. The molecule has 0 amide bonds. The van der Waals surface area contributed by atoms with E-state index in [-0.39, 0.29) is 29.5 Å². The van der Waals surface area contributed by atoms with Crippen LogP contribution < -0.4 is 11.1 Å². The molecule has 18 heavy (non-hydrogen) atoms. The van der Waals surface area contributed by atoms with Crippen molar-refractivity contribution < 1.29 is 0 Å². The van der Waals surface area contributed by atoms with Crippen LogP contribution in [0.15, 0.2) is 29.3 Å². The van der Waals surface area contributed by atoms with Gasteiger partial charge in [0.2, 0.25) is 0 Å². The van der Waals surface area contributed by atoms with E-state index in [1.807, 2.05) is 24.3 Å². The molecule has 3 N–H and O–H groups in total. The molecule has 1 rings (SSSR count). The molecule has 0 fully saturated rings. The van der Waals surface area contributed by atoms with Gasteiger partial charge < -0.3 is 11.1 Å². The normalized spacial score (nSPS) is 11.9. The second kappa shape index (κ2) is 7.84. The fourth-order valence-electron chi connectivity index (χ4n) is 1.38. The lowest BCUT2D eigenvalue weighted by Crippen LogP contribution is -2.45. The van der Waals surface area contributed by atoms with Crippen LogP contribution in [0.1, 0.15) is 26.3 Å². The number of halogens is 2. The molecule has 0 atom stereocenters. The summed E-state index contributed by atoms with van der Waals surface area (Å²) in [6.07, 6.45) is 0.865. The average molecular weight is 382 g/mol. The van der Waals surface area contributed by atoms with Crippen LogP contribution in [0.25, 0.3) is 0 Å². The van der Waals surface area contributed by atoms with E-state index >= 15 is 0 Å². The maximum atomic E-state index is 5.81. The highest BCUT2D eigenvalue weighted by molar-refractivity contribution is 14.0. The Balaban J connectivity index is 0.00000289. The van der Waals surface area contributed by atoms with Gasteiger partial charge in [-0.2, -0.15) is 0 Å². The van der Waals surface area contributed by atoms with Crippen LogP contribution in [0, 0.1) is 0 Å². The maximum Gasteiger partial charge on any atom is 0.188 e. The quantitative estimate of drug-likeness (QED) is 0.480. The molecule has 0 saturated heterocycles. The van der Waals surface area contributed by atoms with Crippen molar-refractivity contribution in [2.75, 3.05) is 6.54 Å². The third-order valence-corrected chi connectivity index (χ3v) is 2.35. The number of guanidine groups is 1. The molecule has 1 aromatic carbocycles. The standard InChI is InChI=1S/C13H20ClN3.HI/c1-13(2,3)17-12(15)16-9-8-10-4-6-11(14)7-5-10;/h4-7H,8-9H2,1-3H3,(H3,15,16,17);1H. The topological polar surface area (TPSA) is 50.4 Å². The molecule has 1 aromatic rings. The Bertz CT molecular complexity index is 382. The van der Waals surface area contributed by atoms with Gasteiger partial charge in [0.15, 0.2) is 5.96 Å². The van der Waals surface area contributed by atoms with Crippen molar-refractivity contribution in [2.45, 2.75) is 32.7 Å². The number of nitrogens with two attached hydrogens (primary N) is 1. The van der Waals surface area contributed by atoms with Gasteiger partial charge in [0.25, 0.3) is 0 Å². The summed E-state index contributed by atoms with van der Waals surface area (Å²) in [4.78, 5) is 4.28. The van der Waals surface area contributed by atoms with E-state index in [0.717, 1.165) is 11.4 Å². The number of hydrogen-bond donors (Lipinski definition) is 2. The minimum absolute atomic E-state index is 0. The van der Waals surface area contributed by atoms with Crippen molar-refractivity contribution in [1.82, 2.24) is 5.32 Å². The lowest BCUT2D eigenvalue weighted by molar-refractivity contribution is 0.508. The fourth-order valence-corrected chi connectivity index (χ4v) is 1.51. The molecule has 5 heteroatoms. The highest BCUT2D eigenvalue weighted by Gasteiger charge is 2.09. The van der Waals surface area contributed by atoms with Crippen LogP contribution >= 0.6 is 35.6 Å². The van der Waals surface area contributed by atoms with E-state index in [1.54, 1.807) is 0 Å². The monoisotopic (exact) mass is 381 g/mol. The van der Waals surface area contributed by atoms with E-state index < -0.39 is 0 Å². The molecular weight excluding hydrogens is 361 g/mol. The Morgan fingerprint density at radius 2 is 1.83 bits per heavy atom. The van der Waals surface area contributed by atoms with E-state index in [9.17, 15) is 0 Å². The van der Waals surface area contributed by atoms with E-state index in [1.165, 1.54) is 5.56 Å². The zero-order valence-electron chi connectivity index (χ0n) is 11.0. The minimum Gasteiger partial charge on any atom is -0.370 e. The lowest BCUT2D eigenvalue weighted by atomic mass is 10.1. The Hall–Kier alpha value is -0.490. The first kappa shape index (κ1) is 17.5. The van der Waals surface area contributed by atoms with Gasteiger partial charge in [-0.3, -0.25) is 4.99 Å². The van der Waals surface area contributed by atoms with Gasteiger partial charge in [-0.1, -0.05) is 23.7 Å². The fraction of sp³-hybridized carbons (Fsp3) is 0.462. The zero-order valence-corrected chi connectivity index (χ0v) is 14.1. The SMILES string of the molecule is CC(C)(C)NC(N)=NCCc1ccc(Cl)cc1.I. The second-order valence-electron chi connectivity index (χ2n) is 5.02. The van der Waals surface area contributed by atoms with E-state index in [2.05, 4.69) is 31.1 Å². The largest absolute Gasteiger partial charge is 0.370 e. The van der Waals surface area contributed by atoms with Crippen LogP contribution in [0.5, 0.6) is 0 Å². The van der Waals surface area contributed by atoms with Crippen LogP contribution in [0.3, 0.4) is 0 Å². The molecule has 0 heterocycles. The Kier molecular flexibility index (Phi) is 7.62. The summed E-state index contributed by atoms with van der Waals surface area (Å²) in [5, 5.41) is 3.88. The number of hydrogen-bond acceptors (Lipinski definition) is 1. The van der Waals surface area contributed by atoms with Crippen LogP contribution in [-0.2, 0) is 6.42 Å². The van der Waals surface area contributed by atoms with Gasteiger partial charge >= 0.3 is 0 Å². The highest BCUT2D eigenvalue weighted by Crippen LogP contribution is 2.09. The van der Waals surface area contributed by atoms with E-state index in [4.69, 9.17) is 17.3 Å². The molecule has 0 unspecified atom stereocenters. The van der Waals surface area contributed by atoms with Gasteiger partial charge in [-0.05, 0) is 44.9 Å². The molecule has 0 aromatic heterocycles. The summed E-state index contributed by atoms with van der Waals surface area (Å²) < 4.78 is 0. The first-order chi connectivity index (χ1) is 7.87. The minimum atomic E-state index is -0.0478. The maximum absolute atomic E-state index is 5.81. The Morgan fingerprint density at radius 3 is 2.33 bits per heavy atom. The zero-order chi connectivity index (χ0) is 12.9. The smallest absolute Gasteiger partial charge is 0.188 e. The Labute approximate surface area is 131 Å². The molecule has 0 bridgehead atoms. The number of nitrogens with zero attached hydrogens (tertiary/aromatic N) is 1. The number of nitrogens with one attached hydrogen (secondary N) is 1. The summed E-state index contributed by atoms with van der Waals surface area (Å²) in [5.41, 5.74) is 6.93. The summed E-state index contributed by atoms with van der Waals surface area (Å²) in [6.45, 7) is 6.83.